The van der Waals surface area contributed by atoms with Gasteiger partial charge in [-0.3, -0.25) is 20.1 Å². The lowest BCUT2D eigenvalue weighted by atomic mass is 10.1. The van der Waals surface area contributed by atoms with E-state index in [1.54, 1.807) is 43.2 Å². The largest absolute Gasteiger partial charge is 0.463 e. The van der Waals surface area contributed by atoms with Crippen LogP contribution in [-0.4, -0.2) is 20.9 Å². The molecule has 0 aliphatic carbocycles. The number of hydrogen-bond acceptors (Lipinski definition) is 6. The molecule has 0 spiro atoms. The maximum Gasteiger partial charge on any atom is 0.257 e. The Bertz CT molecular complexity index is 1040. The predicted molar refractivity (Wildman–Crippen MR) is 100.0 cm³/mol. The van der Waals surface area contributed by atoms with Crippen molar-refractivity contribution in [1.29, 1.82) is 0 Å². The Morgan fingerprint density at radius 3 is 2.65 bits per heavy atom. The number of nitrogens with zero attached hydrogens (tertiary/aromatic N) is 3. The van der Waals surface area contributed by atoms with Gasteiger partial charge in [0.25, 0.3) is 5.91 Å². The number of nitrogens with one attached hydrogen (secondary N) is 1. The monoisotopic (exact) mass is 362 g/mol. The van der Waals surface area contributed by atoms with Gasteiger partial charge in [0.15, 0.2) is 10.9 Å². The first-order valence-corrected chi connectivity index (χ1v) is 8.71. The molecular formula is C19H14N4O2S. The number of aromatic nitrogens is 3. The highest BCUT2D eigenvalue weighted by atomic mass is 32.1. The minimum absolute atomic E-state index is 0.231. The number of pyridine rings is 2. The number of carbonyl (C=O) groups is 1. The van der Waals surface area contributed by atoms with Crippen LogP contribution in [0.25, 0.3) is 21.9 Å². The van der Waals surface area contributed by atoms with Crippen LogP contribution in [0.3, 0.4) is 0 Å². The molecule has 1 amide bonds. The van der Waals surface area contributed by atoms with Gasteiger partial charge in [0, 0.05) is 35.9 Å². The van der Waals surface area contributed by atoms with Gasteiger partial charge in [-0.25, -0.2) is 4.98 Å². The summed E-state index contributed by atoms with van der Waals surface area (Å²) in [4.78, 5) is 26.0. The van der Waals surface area contributed by atoms with Gasteiger partial charge in [-0.2, -0.15) is 0 Å². The highest BCUT2D eigenvalue weighted by molar-refractivity contribution is 7.19. The van der Waals surface area contributed by atoms with Crippen molar-refractivity contribution in [3.8, 4) is 21.9 Å². The van der Waals surface area contributed by atoms with Gasteiger partial charge in [0.1, 0.15) is 5.69 Å². The van der Waals surface area contributed by atoms with Crippen molar-refractivity contribution in [2.75, 3.05) is 5.32 Å². The van der Waals surface area contributed by atoms with Crippen LogP contribution >= 0.6 is 11.3 Å². The molecule has 0 saturated heterocycles. The summed E-state index contributed by atoms with van der Waals surface area (Å²) < 4.78 is 5.53. The molecule has 0 radical (unpaired) electrons. The first kappa shape index (κ1) is 16.2. The number of thiazole rings is 1. The smallest absolute Gasteiger partial charge is 0.257 e. The summed E-state index contributed by atoms with van der Waals surface area (Å²) >= 11 is 1.40. The number of aryl methyl sites for hydroxylation is 1. The fourth-order valence-corrected chi connectivity index (χ4v) is 3.59. The second kappa shape index (κ2) is 6.89. The van der Waals surface area contributed by atoms with E-state index in [2.05, 4.69) is 20.3 Å². The van der Waals surface area contributed by atoms with Gasteiger partial charge in [0.05, 0.1) is 11.1 Å². The average Bonchev–Trinajstić information content (AvgIpc) is 3.32. The fraction of sp³-hybridized carbons (Fsp3) is 0.0526. The molecule has 0 aliphatic heterocycles. The van der Waals surface area contributed by atoms with E-state index in [1.807, 2.05) is 25.1 Å². The van der Waals surface area contributed by atoms with Crippen LogP contribution in [0.2, 0.25) is 0 Å². The standard InChI is InChI=1S/C19H14N4O2S/c1-12-11-21-9-6-14(12)17-16(15-3-2-10-25-15)22-19(26-17)23-18(24)13-4-7-20-8-5-13/h2-11H,1H3,(H,22,23,24). The van der Waals surface area contributed by atoms with Crippen molar-refractivity contribution >= 4 is 22.4 Å². The van der Waals surface area contributed by atoms with Crippen molar-refractivity contribution in [2.24, 2.45) is 0 Å². The Morgan fingerprint density at radius 1 is 1.12 bits per heavy atom. The Hall–Kier alpha value is -3.32. The highest BCUT2D eigenvalue weighted by Crippen LogP contribution is 2.40. The van der Waals surface area contributed by atoms with Crippen LogP contribution in [0.1, 0.15) is 15.9 Å². The third-order valence-corrected chi connectivity index (χ3v) is 4.81. The van der Waals surface area contributed by atoms with E-state index >= 15 is 0 Å². The Balaban J connectivity index is 1.75. The van der Waals surface area contributed by atoms with Crippen LogP contribution in [-0.2, 0) is 0 Å². The summed E-state index contributed by atoms with van der Waals surface area (Å²) in [5, 5.41) is 3.36. The van der Waals surface area contributed by atoms with Gasteiger partial charge in [-0.1, -0.05) is 11.3 Å². The number of anilines is 1. The van der Waals surface area contributed by atoms with E-state index in [0.717, 1.165) is 16.0 Å². The Morgan fingerprint density at radius 2 is 1.92 bits per heavy atom. The van der Waals surface area contributed by atoms with E-state index in [1.165, 1.54) is 11.3 Å². The van der Waals surface area contributed by atoms with Crippen LogP contribution in [0, 0.1) is 6.92 Å². The van der Waals surface area contributed by atoms with Gasteiger partial charge < -0.3 is 4.42 Å². The maximum absolute atomic E-state index is 12.4. The third kappa shape index (κ3) is 3.12. The molecule has 0 bridgehead atoms. The van der Waals surface area contributed by atoms with Gasteiger partial charge >= 0.3 is 0 Å². The molecule has 4 rings (SSSR count). The van der Waals surface area contributed by atoms with Crippen molar-refractivity contribution < 1.29 is 9.21 Å². The normalized spacial score (nSPS) is 10.7. The quantitative estimate of drug-likeness (QED) is 0.581. The molecule has 0 atom stereocenters. The topological polar surface area (TPSA) is 80.9 Å². The third-order valence-electron chi connectivity index (χ3n) is 3.81. The van der Waals surface area contributed by atoms with Gasteiger partial charge in [-0.15, -0.1) is 0 Å². The molecule has 7 heteroatoms. The van der Waals surface area contributed by atoms with Crippen molar-refractivity contribution in [1.82, 2.24) is 15.0 Å². The second-order valence-corrected chi connectivity index (χ2v) is 6.55. The Kier molecular flexibility index (Phi) is 4.28. The average molecular weight is 362 g/mol. The SMILES string of the molecule is Cc1cnccc1-c1sc(NC(=O)c2ccncc2)nc1-c1ccco1. The lowest BCUT2D eigenvalue weighted by Crippen LogP contribution is -2.11. The first-order valence-electron chi connectivity index (χ1n) is 7.89. The van der Waals surface area contributed by atoms with Crippen molar-refractivity contribution in [3.05, 3.63) is 72.5 Å². The zero-order valence-electron chi connectivity index (χ0n) is 13.8. The molecule has 4 aromatic heterocycles. The van der Waals surface area contributed by atoms with E-state index in [0.29, 0.717) is 22.1 Å². The molecule has 128 valence electrons. The van der Waals surface area contributed by atoms with Crippen LogP contribution < -0.4 is 5.32 Å². The molecule has 0 fully saturated rings. The molecule has 4 heterocycles. The van der Waals surface area contributed by atoms with Crippen LogP contribution in [0.4, 0.5) is 5.13 Å². The second-order valence-electron chi connectivity index (χ2n) is 5.55. The number of hydrogen-bond donors (Lipinski definition) is 1. The summed E-state index contributed by atoms with van der Waals surface area (Å²) in [6, 6.07) is 8.91. The van der Waals surface area contributed by atoms with E-state index in [4.69, 9.17) is 4.42 Å². The Labute approximate surface area is 153 Å². The van der Waals surface area contributed by atoms with E-state index in [9.17, 15) is 4.79 Å². The van der Waals surface area contributed by atoms with Crippen molar-refractivity contribution in [3.63, 3.8) is 0 Å². The van der Waals surface area contributed by atoms with Gasteiger partial charge in [0.2, 0.25) is 0 Å². The zero-order chi connectivity index (χ0) is 17.9. The predicted octanol–water partition coefficient (Wildman–Crippen LogP) is 4.42. The number of furan rings is 1. The van der Waals surface area contributed by atoms with Crippen LogP contribution in [0.5, 0.6) is 0 Å². The maximum atomic E-state index is 12.4. The molecule has 0 aromatic carbocycles. The van der Waals surface area contributed by atoms with Crippen LogP contribution in [0.15, 0.2) is 65.8 Å². The summed E-state index contributed by atoms with van der Waals surface area (Å²) in [6.45, 7) is 1.99. The zero-order valence-corrected chi connectivity index (χ0v) is 14.7. The molecule has 4 aromatic rings. The lowest BCUT2D eigenvalue weighted by Gasteiger charge is -2.03. The van der Waals surface area contributed by atoms with Crippen molar-refractivity contribution in [2.45, 2.75) is 6.92 Å². The number of carbonyl (C=O) groups excluding carboxylic acids is 1. The highest BCUT2D eigenvalue weighted by Gasteiger charge is 2.19. The van der Waals surface area contributed by atoms with Gasteiger partial charge in [-0.05, 0) is 42.8 Å². The minimum atomic E-state index is -0.231. The minimum Gasteiger partial charge on any atom is -0.463 e. The lowest BCUT2D eigenvalue weighted by molar-refractivity contribution is 0.102. The first-order chi connectivity index (χ1) is 12.7. The summed E-state index contributed by atoms with van der Waals surface area (Å²) in [7, 11) is 0. The number of rotatable bonds is 4. The molecule has 26 heavy (non-hydrogen) atoms. The number of amides is 1. The summed E-state index contributed by atoms with van der Waals surface area (Å²) in [5.41, 5.74) is 3.25. The van der Waals surface area contributed by atoms with E-state index in [-0.39, 0.29) is 5.91 Å². The van der Waals surface area contributed by atoms with E-state index < -0.39 is 0 Å². The fourth-order valence-electron chi connectivity index (χ4n) is 2.54. The molecular weight excluding hydrogens is 348 g/mol. The molecule has 6 nitrogen and oxygen atoms in total. The molecule has 1 N–H and O–H groups in total. The summed E-state index contributed by atoms with van der Waals surface area (Å²) in [5.74, 6) is 0.419. The molecule has 0 saturated carbocycles. The molecule has 0 unspecified atom stereocenters. The molecule has 0 aliphatic rings. The summed E-state index contributed by atoms with van der Waals surface area (Å²) in [6.07, 6.45) is 8.31.